The number of aromatic nitrogens is 3. The van der Waals surface area contributed by atoms with Gasteiger partial charge in [0.1, 0.15) is 5.75 Å². The zero-order valence-corrected chi connectivity index (χ0v) is 18.5. The van der Waals surface area contributed by atoms with E-state index in [1.54, 1.807) is 0 Å². The number of carbonyl (C=O) groups is 1. The molecule has 1 aromatic heterocycles. The van der Waals surface area contributed by atoms with E-state index in [-0.39, 0.29) is 17.4 Å². The number of benzene rings is 2. The third-order valence-corrected chi connectivity index (χ3v) is 5.81. The highest BCUT2D eigenvalue weighted by molar-refractivity contribution is 7.99. The van der Waals surface area contributed by atoms with Gasteiger partial charge in [-0.3, -0.25) is 14.3 Å². The molecule has 0 spiro atoms. The first-order valence-electron chi connectivity index (χ1n) is 10.4. The second-order valence-electron chi connectivity index (χ2n) is 7.20. The van der Waals surface area contributed by atoms with Gasteiger partial charge in [0.25, 0.3) is 0 Å². The van der Waals surface area contributed by atoms with Gasteiger partial charge in [-0.25, -0.2) is 0 Å². The van der Waals surface area contributed by atoms with E-state index in [4.69, 9.17) is 4.74 Å². The number of anilines is 1. The lowest BCUT2D eigenvalue weighted by Crippen LogP contribution is -2.36. The Hall–Kier alpha value is -3.02. The van der Waals surface area contributed by atoms with Gasteiger partial charge in [0.2, 0.25) is 5.91 Å². The van der Waals surface area contributed by atoms with Gasteiger partial charge >= 0.3 is 6.61 Å². The minimum absolute atomic E-state index is 0.0288. The zero-order valence-electron chi connectivity index (χ0n) is 17.7. The Balaban J connectivity index is 1.42. The number of halogens is 2. The Kier molecular flexibility index (Phi) is 7.87. The molecular weight excluding hydrogens is 452 g/mol. The van der Waals surface area contributed by atoms with E-state index in [0.717, 1.165) is 24.6 Å². The molecule has 2 aromatic carbocycles. The second-order valence-corrected chi connectivity index (χ2v) is 8.14. The van der Waals surface area contributed by atoms with Gasteiger partial charge in [0, 0.05) is 24.5 Å². The first kappa shape index (κ1) is 23.1. The smallest absolute Gasteiger partial charge is 0.387 e. The van der Waals surface area contributed by atoms with Gasteiger partial charge in [-0.15, -0.1) is 10.2 Å². The van der Waals surface area contributed by atoms with Gasteiger partial charge in [-0.1, -0.05) is 30.0 Å². The largest absolute Gasteiger partial charge is 0.435 e. The molecule has 0 atom stereocenters. The van der Waals surface area contributed by atoms with Crippen LogP contribution in [0.5, 0.6) is 5.75 Å². The van der Waals surface area contributed by atoms with Crippen LogP contribution in [0.4, 0.5) is 14.5 Å². The van der Waals surface area contributed by atoms with Crippen LogP contribution in [-0.2, 0) is 16.1 Å². The van der Waals surface area contributed by atoms with E-state index in [0.29, 0.717) is 30.6 Å². The summed E-state index contributed by atoms with van der Waals surface area (Å²) < 4.78 is 36.2. The highest BCUT2D eigenvalue weighted by atomic mass is 32.2. The Morgan fingerprint density at radius 2 is 1.82 bits per heavy atom. The summed E-state index contributed by atoms with van der Waals surface area (Å²) in [4.78, 5) is 14.7. The molecule has 0 radical (unpaired) electrons. The number of morpholine rings is 1. The maximum atomic E-state index is 12.5. The zero-order chi connectivity index (χ0) is 23.0. The Bertz CT molecular complexity index is 1040. The van der Waals surface area contributed by atoms with E-state index >= 15 is 0 Å². The summed E-state index contributed by atoms with van der Waals surface area (Å²) in [7, 11) is 0. The molecule has 174 valence electrons. The average Bonchev–Trinajstić information content (AvgIpc) is 3.22. The number of nitrogens with one attached hydrogen (secondary N) is 1. The lowest BCUT2D eigenvalue weighted by atomic mass is 10.3. The number of carbonyl (C=O) groups excluding carboxylic acids is 1. The maximum absolute atomic E-state index is 12.5. The molecule has 0 saturated carbocycles. The van der Waals surface area contributed by atoms with Crippen LogP contribution in [0.2, 0.25) is 0 Å². The van der Waals surface area contributed by atoms with Crippen LogP contribution >= 0.6 is 11.8 Å². The van der Waals surface area contributed by atoms with Gasteiger partial charge in [-0.05, 0) is 36.4 Å². The normalized spacial score (nSPS) is 14.4. The number of nitrogens with zero attached hydrogens (tertiary/aromatic N) is 4. The fraction of sp³-hybridized carbons (Fsp3) is 0.318. The maximum Gasteiger partial charge on any atom is 0.387 e. The second kappa shape index (κ2) is 11.2. The molecule has 1 N–H and O–H groups in total. The molecule has 1 amide bonds. The van der Waals surface area contributed by atoms with E-state index in [1.165, 1.54) is 36.0 Å². The van der Waals surface area contributed by atoms with Crippen LogP contribution in [0, 0.1) is 0 Å². The van der Waals surface area contributed by atoms with Crippen molar-refractivity contribution in [1.82, 2.24) is 19.7 Å². The quantitative estimate of drug-likeness (QED) is 0.475. The van der Waals surface area contributed by atoms with Gasteiger partial charge < -0.3 is 14.8 Å². The van der Waals surface area contributed by atoms with Crippen molar-refractivity contribution in [2.75, 3.05) is 37.4 Å². The number of alkyl halides is 2. The summed E-state index contributed by atoms with van der Waals surface area (Å²) in [5, 5.41) is 12.1. The minimum atomic E-state index is -2.89. The van der Waals surface area contributed by atoms with Crippen molar-refractivity contribution < 1.29 is 23.0 Å². The third kappa shape index (κ3) is 6.50. The number of ether oxygens (including phenoxy) is 2. The molecule has 33 heavy (non-hydrogen) atoms. The van der Waals surface area contributed by atoms with E-state index in [2.05, 4.69) is 25.2 Å². The molecule has 4 rings (SSSR count). The van der Waals surface area contributed by atoms with Crippen molar-refractivity contribution in [3.63, 3.8) is 0 Å². The summed E-state index contributed by atoms with van der Waals surface area (Å²) in [6.45, 7) is 0.774. The third-order valence-electron chi connectivity index (χ3n) is 4.88. The van der Waals surface area contributed by atoms with Gasteiger partial charge in [0.15, 0.2) is 11.0 Å². The first-order valence-corrected chi connectivity index (χ1v) is 11.3. The average molecular weight is 476 g/mol. The monoisotopic (exact) mass is 475 g/mol. The molecule has 2 heterocycles. The number of hydrogen-bond donors (Lipinski definition) is 1. The van der Waals surface area contributed by atoms with Crippen molar-refractivity contribution in [3.8, 4) is 11.4 Å². The number of rotatable bonds is 9. The predicted molar refractivity (Wildman–Crippen MR) is 120 cm³/mol. The van der Waals surface area contributed by atoms with Crippen molar-refractivity contribution >= 4 is 23.4 Å². The van der Waals surface area contributed by atoms with E-state index in [9.17, 15) is 13.6 Å². The SMILES string of the molecule is O=C(CSc1nnc(CN2CCOCC2)n1-c1ccccc1)Nc1ccc(OC(F)F)cc1. The summed E-state index contributed by atoms with van der Waals surface area (Å²) >= 11 is 1.27. The Morgan fingerprint density at radius 3 is 2.52 bits per heavy atom. The van der Waals surface area contributed by atoms with Crippen molar-refractivity contribution in [2.24, 2.45) is 0 Å². The Morgan fingerprint density at radius 1 is 1.09 bits per heavy atom. The lowest BCUT2D eigenvalue weighted by Gasteiger charge is -2.26. The van der Waals surface area contributed by atoms with Crippen molar-refractivity contribution in [2.45, 2.75) is 18.3 Å². The number of hydrogen-bond acceptors (Lipinski definition) is 7. The van der Waals surface area contributed by atoms with E-state index < -0.39 is 6.61 Å². The van der Waals surface area contributed by atoms with Crippen LogP contribution in [0.15, 0.2) is 59.8 Å². The first-order chi connectivity index (χ1) is 16.1. The molecule has 1 saturated heterocycles. The fourth-order valence-corrected chi connectivity index (χ4v) is 4.11. The lowest BCUT2D eigenvalue weighted by molar-refractivity contribution is -0.113. The molecule has 0 bridgehead atoms. The Labute approximate surface area is 193 Å². The molecule has 0 aliphatic carbocycles. The molecule has 0 unspecified atom stereocenters. The molecular formula is C22H23F2N5O3S. The summed E-state index contributed by atoms with van der Waals surface area (Å²) in [5.74, 6) is 0.680. The van der Waals surface area contributed by atoms with Crippen molar-refractivity contribution in [1.29, 1.82) is 0 Å². The fourth-order valence-electron chi connectivity index (χ4n) is 3.34. The highest BCUT2D eigenvalue weighted by Crippen LogP contribution is 2.24. The van der Waals surface area contributed by atoms with Crippen molar-refractivity contribution in [3.05, 3.63) is 60.4 Å². The van der Waals surface area contributed by atoms with Crippen LogP contribution in [-0.4, -0.2) is 64.2 Å². The summed E-state index contributed by atoms with van der Waals surface area (Å²) in [5.41, 5.74) is 1.41. The highest BCUT2D eigenvalue weighted by Gasteiger charge is 2.19. The van der Waals surface area contributed by atoms with Gasteiger partial charge in [0.05, 0.1) is 25.5 Å². The standard InChI is InChI=1S/C22H23F2N5O3S/c23-21(24)32-18-8-6-16(7-9-18)25-20(30)15-33-22-27-26-19(14-28-10-12-31-13-11-28)29(22)17-4-2-1-3-5-17/h1-9,21H,10-15H2,(H,25,30). The van der Waals surface area contributed by atoms with Gasteiger partial charge in [-0.2, -0.15) is 8.78 Å². The molecule has 1 aliphatic heterocycles. The number of thioether (sulfide) groups is 1. The van der Waals surface area contributed by atoms with Crippen LogP contribution in [0.25, 0.3) is 5.69 Å². The van der Waals surface area contributed by atoms with Crippen LogP contribution in [0.3, 0.4) is 0 Å². The molecule has 1 fully saturated rings. The molecule has 11 heteroatoms. The van der Waals surface area contributed by atoms with Crippen LogP contribution in [0.1, 0.15) is 5.82 Å². The summed E-state index contributed by atoms with van der Waals surface area (Å²) in [6, 6.07) is 15.5. The summed E-state index contributed by atoms with van der Waals surface area (Å²) in [6.07, 6.45) is 0. The molecule has 8 nitrogen and oxygen atoms in total. The predicted octanol–water partition coefficient (Wildman–Crippen LogP) is 3.43. The molecule has 3 aromatic rings. The molecule has 1 aliphatic rings. The van der Waals surface area contributed by atoms with E-state index in [1.807, 2.05) is 34.9 Å². The van der Waals surface area contributed by atoms with Crippen LogP contribution < -0.4 is 10.1 Å². The number of para-hydroxylation sites is 1. The topological polar surface area (TPSA) is 81.5 Å². The number of amides is 1. The minimum Gasteiger partial charge on any atom is -0.435 e.